The molecule has 2 heteroatoms. The third-order valence-electron chi connectivity index (χ3n) is 3.15. The van der Waals surface area contributed by atoms with E-state index in [1.807, 2.05) is 6.92 Å². The Balaban J connectivity index is 2.41. The van der Waals surface area contributed by atoms with Crippen LogP contribution in [0.2, 0.25) is 0 Å². The van der Waals surface area contributed by atoms with Crippen LogP contribution < -0.4 is 0 Å². The molecule has 3 rings (SSSR count). The summed E-state index contributed by atoms with van der Waals surface area (Å²) in [7, 11) is 0. The molecule has 0 aromatic rings. The standard InChI is InChI=1S/C9H12BrF/c1-8-2-4-9(10,5-3-8)6-7(8)11/h6H,2-5H2,1H3. The van der Waals surface area contributed by atoms with Crippen molar-refractivity contribution in [2.45, 2.75) is 36.9 Å². The Morgan fingerprint density at radius 2 is 1.91 bits per heavy atom. The van der Waals surface area contributed by atoms with Crippen molar-refractivity contribution in [2.24, 2.45) is 5.41 Å². The molecule has 0 N–H and O–H groups in total. The second kappa shape index (κ2) is 2.09. The first-order valence-electron chi connectivity index (χ1n) is 4.12. The Labute approximate surface area is 75.0 Å². The van der Waals surface area contributed by atoms with Gasteiger partial charge in [-0.3, -0.25) is 0 Å². The number of halogens is 2. The van der Waals surface area contributed by atoms with E-state index in [1.165, 1.54) is 0 Å². The van der Waals surface area contributed by atoms with E-state index in [4.69, 9.17) is 0 Å². The molecule has 1 fully saturated rings. The van der Waals surface area contributed by atoms with Crippen molar-refractivity contribution in [2.75, 3.05) is 0 Å². The molecule has 0 spiro atoms. The van der Waals surface area contributed by atoms with Crippen LogP contribution in [-0.2, 0) is 0 Å². The second-order valence-corrected chi connectivity index (χ2v) is 5.67. The first kappa shape index (κ1) is 7.78. The van der Waals surface area contributed by atoms with Gasteiger partial charge in [0.1, 0.15) is 5.83 Å². The molecule has 0 unspecified atom stereocenters. The van der Waals surface area contributed by atoms with Crippen LogP contribution in [0.1, 0.15) is 32.6 Å². The van der Waals surface area contributed by atoms with E-state index in [1.54, 1.807) is 6.08 Å². The predicted octanol–water partition coefficient (Wildman–Crippen LogP) is 3.57. The zero-order valence-electron chi connectivity index (χ0n) is 6.66. The second-order valence-electron chi connectivity index (χ2n) is 4.09. The quantitative estimate of drug-likeness (QED) is 0.546. The molecule has 0 aromatic carbocycles. The molecule has 0 radical (unpaired) electrons. The molecule has 0 atom stereocenters. The minimum absolute atomic E-state index is 0.00877. The molecule has 1 saturated carbocycles. The SMILES string of the molecule is CC12CCC(Br)(C=C1F)CC2. The topological polar surface area (TPSA) is 0 Å². The lowest BCUT2D eigenvalue weighted by molar-refractivity contribution is 0.181. The van der Waals surface area contributed by atoms with Gasteiger partial charge in [0.25, 0.3) is 0 Å². The highest BCUT2D eigenvalue weighted by Gasteiger charge is 2.45. The lowest BCUT2D eigenvalue weighted by atomic mass is 9.65. The fraction of sp³-hybridized carbons (Fsp3) is 0.778. The molecule has 0 aromatic heterocycles. The van der Waals surface area contributed by atoms with Crippen LogP contribution in [0.25, 0.3) is 0 Å². The number of hydrogen-bond donors (Lipinski definition) is 0. The minimum atomic E-state index is -0.116. The van der Waals surface area contributed by atoms with Crippen LogP contribution in [0.3, 0.4) is 0 Å². The molecule has 0 nitrogen and oxygen atoms in total. The van der Waals surface area contributed by atoms with Gasteiger partial charge in [0.2, 0.25) is 0 Å². The van der Waals surface area contributed by atoms with Gasteiger partial charge < -0.3 is 0 Å². The smallest absolute Gasteiger partial charge is 0.103 e. The summed E-state index contributed by atoms with van der Waals surface area (Å²) in [5.74, 6) is 0.104. The molecule has 3 aliphatic rings. The van der Waals surface area contributed by atoms with E-state index < -0.39 is 0 Å². The van der Waals surface area contributed by atoms with Crippen molar-refractivity contribution in [3.63, 3.8) is 0 Å². The number of fused-ring (bicyclic) bond motifs is 2. The van der Waals surface area contributed by atoms with E-state index in [-0.39, 0.29) is 15.6 Å². The Kier molecular flexibility index (Phi) is 1.48. The number of alkyl halides is 1. The maximum atomic E-state index is 13.3. The van der Waals surface area contributed by atoms with Crippen LogP contribution in [0.4, 0.5) is 4.39 Å². The van der Waals surface area contributed by atoms with Gasteiger partial charge in [-0.25, -0.2) is 4.39 Å². The zero-order valence-corrected chi connectivity index (χ0v) is 8.25. The Bertz CT molecular complexity index is 212. The Morgan fingerprint density at radius 1 is 1.36 bits per heavy atom. The summed E-state index contributed by atoms with van der Waals surface area (Å²) in [6.45, 7) is 2.03. The van der Waals surface area contributed by atoms with E-state index in [0.717, 1.165) is 25.7 Å². The summed E-state index contributed by atoms with van der Waals surface area (Å²) >= 11 is 3.58. The van der Waals surface area contributed by atoms with Crippen LogP contribution in [0, 0.1) is 5.41 Å². The van der Waals surface area contributed by atoms with Gasteiger partial charge >= 0.3 is 0 Å². The largest absolute Gasteiger partial charge is 0.212 e. The molecule has 2 bridgehead atoms. The first-order valence-corrected chi connectivity index (χ1v) is 4.91. The first-order chi connectivity index (χ1) is 5.04. The molecule has 0 saturated heterocycles. The Morgan fingerprint density at radius 3 is 2.27 bits per heavy atom. The minimum Gasteiger partial charge on any atom is -0.212 e. The van der Waals surface area contributed by atoms with Gasteiger partial charge in [0.15, 0.2) is 0 Å². The lowest BCUT2D eigenvalue weighted by Crippen LogP contribution is -2.38. The lowest BCUT2D eigenvalue weighted by Gasteiger charge is -2.45. The average Bonchev–Trinajstić information content (AvgIpc) is 1.94. The van der Waals surface area contributed by atoms with Gasteiger partial charge in [-0.05, 0) is 31.8 Å². The van der Waals surface area contributed by atoms with Crippen LogP contribution >= 0.6 is 15.9 Å². The number of allylic oxidation sites excluding steroid dienone is 2. The fourth-order valence-corrected chi connectivity index (χ4v) is 2.60. The highest BCUT2D eigenvalue weighted by Crippen LogP contribution is 2.55. The van der Waals surface area contributed by atoms with Gasteiger partial charge in [0, 0.05) is 9.74 Å². The molecular weight excluding hydrogens is 207 g/mol. The zero-order chi connectivity index (χ0) is 8.11. The van der Waals surface area contributed by atoms with E-state index in [2.05, 4.69) is 15.9 Å². The normalized spacial score (nSPS) is 49.2. The maximum Gasteiger partial charge on any atom is 0.103 e. The van der Waals surface area contributed by atoms with Crippen molar-refractivity contribution in [3.05, 3.63) is 11.9 Å². The van der Waals surface area contributed by atoms with Crippen molar-refractivity contribution < 1.29 is 4.39 Å². The average molecular weight is 219 g/mol. The summed E-state index contributed by atoms with van der Waals surface area (Å²) in [6, 6.07) is 0. The summed E-state index contributed by atoms with van der Waals surface area (Å²) in [6.07, 6.45) is 5.97. The molecular formula is C9H12BrF. The van der Waals surface area contributed by atoms with Gasteiger partial charge in [-0.15, -0.1) is 0 Å². The van der Waals surface area contributed by atoms with E-state index >= 15 is 0 Å². The van der Waals surface area contributed by atoms with E-state index in [9.17, 15) is 4.39 Å². The highest BCUT2D eigenvalue weighted by molar-refractivity contribution is 9.10. The third-order valence-corrected chi connectivity index (χ3v) is 4.17. The molecule has 0 amide bonds. The summed E-state index contributed by atoms with van der Waals surface area (Å²) in [4.78, 5) is 0. The summed E-state index contributed by atoms with van der Waals surface area (Å²) in [5.41, 5.74) is -0.116. The third kappa shape index (κ3) is 1.07. The van der Waals surface area contributed by atoms with E-state index in [0.29, 0.717) is 0 Å². The van der Waals surface area contributed by atoms with Crippen LogP contribution in [0.5, 0.6) is 0 Å². The Hall–Kier alpha value is 0.150. The van der Waals surface area contributed by atoms with Crippen molar-refractivity contribution in [3.8, 4) is 0 Å². The van der Waals surface area contributed by atoms with Gasteiger partial charge in [0.05, 0.1) is 0 Å². The van der Waals surface area contributed by atoms with Crippen molar-refractivity contribution in [1.29, 1.82) is 0 Å². The van der Waals surface area contributed by atoms with Crippen LogP contribution in [0.15, 0.2) is 11.9 Å². The molecule has 0 heterocycles. The van der Waals surface area contributed by atoms with Crippen molar-refractivity contribution >= 4 is 15.9 Å². The molecule has 3 aliphatic carbocycles. The highest BCUT2D eigenvalue weighted by atomic mass is 79.9. The molecule has 62 valence electrons. The molecule has 0 aliphatic heterocycles. The van der Waals surface area contributed by atoms with Crippen LogP contribution in [-0.4, -0.2) is 4.32 Å². The predicted molar refractivity (Wildman–Crippen MR) is 47.4 cm³/mol. The number of rotatable bonds is 0. The van der Waals surface area contributed by atoms with Gasteiger partial charge in [-0.2, -0.15) is 0 Å². The fourth-order valence-electron chi connectivity index (χ4n) is 2.00. The molecule has 11 heavy (non-hydrogen) atoms. The maximum absolute atomic E-state index is 13.3. The monoisotopic (exact) mass is 218 g/mol. The van der Waals surface area contributed by atoms with Crippen molar-refractivity contribution in [1.82, 2.24) is 0 Å². The summed E-state index contributed by atoms with van der Waals surface area (Å²) in [5, 5.41) is 0. The number of hydrogen-bond acceptors (Lipinski definition) is 0. The summed E-state index contributed by atoms with van der Waals surface area (Å²) < 4.78 is 13.3. The van der Waals surface area contributed by atoms with Gasteiger partial charge in [-0.1, -0.05) is 22.9 Å².